The van der Waals surface area contributed by atoms with Crippen LogP contribution in [0.5, 0.6) is 5.75 Å². The summed E-state index contributed by atoms with van der Waals surface area (Å²) in [6.45, 7) is 1.31. The van der Waals surface area contributed by atoms with Crippen LogP contribution in [0.4, 0.5) is 0 Å². The third-order valence-electron chi connectivity index (χ3n) is 2.36. The van der Waals surface area contributed by atoms with Crippen molar-refractivity contribution in [3.8, 4) is 5.75 Å². The second-order valence-electron chi connectivity index (χ2n) is 3.96. The van der Waals surface area contributed by atoms with Crippen LogP contribution in [0.1, 0.15) is 12.5 Å². The molecule has 0 spiro atoms. The number of ether oxygens (including phenoxy) is 1. The molecule has 1 aromatic carbocycles. The van der Waals surface area contributed by atoms with E-state index in [1.807, 2.05) is 24.3 Å². The SMILES string of the molecule is COc1cccc(CSC[C@H](NC(C)=O)C(=O)O)c1. The molecule has 2 N–H and O–H groups in total. The van der Waals surface area contributed by atoms with Crippen molar-refractivity contribution in [2.45, 2.75) is 18.7 Å². The molecule has 0 aliphatic carbocycles. The summed E-state index contributed by atoms with van der Waals surface area (Å²) < 4.78 is 5.11. The van der Waals surface area contributed by atoms with E-state index in [4.69, 9.17) is 9.84 Å². The van der Waals surface area contributed by atoms with Crippen LogP contribution in [-0.4, -0.2) is 35.9 Å². The van der Waals surface area contributed by atoms with Crippen molar-refractivity contribution in [3.05, 3.63) is 29.8 Å². The highest BCUT2D eigenvalue weighted by atomic mass is 32.2. The molecule has 5 nitrogen and oxygen atoms in total. The summed E-state index contributed by atoms with van der Waals surface area (Å²) in [6.07, 6.45) is 0. The van der Waals surface area contributed by atoms with Crippen LogP contribution < -0.4 is 10.1 Å². The normalized spacial score (nSPS) is 11.7. The zero-order chi connectivity index (χ0) is 14.3. The molecule has 19 heavy (non-hydrogen) atoms. The van der Waals surface area contributed by atoms with Crippen molar-refractivity contribution in [2.24, 2.45) is 0 Å². The van der Waals surface area contributed by atoms with Gasteiger partial charge in [-0.05, 0) is 17.7 Å². The van der Waals surface area contributed by atoms with Crippen molar-refractivity contribution in [2.75, 3.05) is 12.9 Å². The summed E-state index contributed by atoms with van der Waals surface area (Å²) in [5.74, 6) is 0.407. The molecule has 0 fully saturated rings. The summed E-state index contributed by atoms with van der Waals surface area (Å²) in [4.78, 5) is 21.8. The molecule has 0 aliphatic heterocycles. The van der Waals surface area contributed by atoms with Gasteiger partial charge < -0.3 is 15.2 Å². The Morgan fingerprint density at radius 3 is 2.79 bits per heavy atom. The first kappa shape index (κ1) is 15.4. The molecule has 0 unspecified atom stereocenters. The monoisotopic (exact) mass is 283 g/mol. The zero-order valence-electron chi connectivity index (χ0n) is 10.9. The van der Waals surface area contributed by atoms with E-state index in [0.717, 1.165) is 11.3 Å². The molecular weight excluding hydrogens is 266 g/mol. The lowest BCUT2D eigenvalue weighted by molar-refractivity contribution is -0.140. The average Bonchev–Trinajstić information content (AvgIpc) is 2.37. The Labute approximate surface area is 116 Å². The first-order chi connectivity index (χ1) is 9.02. The lowest BCUT2D eigenvalue weighted by atomic mass is 10.2. The summed E-state index contributed by atoms with van der Waals surface area (Å²) in [7, 11) is 1.60. The number of carbonyl (C=O) groups is 2. The standard InChI is InChI=1S/C13H17NO4S/c1-9(15)14-12(13(16)17)8-19-7-10-4-3-5-11(6-10)18-2/h3-6,12H,7-8H2,1-2H3,(H,14,15)(H,16,17)/t12-/m0/s1. The Balaban J connectivity index is 2.47. The number of benzene rings is 1. The molecule has 1 atom stereocenters. The maximum Gasteiger partial charge on any atom is 0.327 e. The van der Waals surface area contributed by atoms with Crippen molar-refractivity contribution >= 4 is 23.6 Å². The molecule has 1 aromatic rings. The van der Waals surface area contributed by atoms with Gasteiger partial charge in [0, 0.05) is 18.4 Å². The fraction of sp³-hybridized carbons (Fsp3) is 0.385. The molecule has 1 amide bonds. The highest BCUT2D eigenvalue weighted by Gasteiger charge is 2.17. The molecule has 104 valence electrons. The third-order valence-corrected chi connectivity index (χ3v) is 3.47. The van der Waals surface area contributed by atoms with Crippen LogP contribution >= 0.6 is 11.8 Å². The molecular formula is C13H17NO4S. The molecule has 0 radical (unpaired) electrons. The minimum atomic E-state index is -1.02. The lowest BCUT2D eigenvalue weighted by Crippen LogP contribution is -2.41. The number of hydrogen-bond acceptors (Lipinski definition) is 4. The minimum absolute atomic E-state index is 0.326. The molecule has 0 aliphatic rings. The van der Waals surface area contributed by atoms with Crippen LogP contribution in [0.15, 0.2) is 24.3 Å². The summed E-state index contributed by atoms with van der Waals surface area (Å²) in [6, 6.07) is 6.74. The number of carbonyl (C=O) groups excluding carboxylic acids is 1. The van der Waals surface area contributed by atoms with E-state index < -0.39 is 12.0 Å². The zero-order valence-corrected chi connectivity index (χ0v) is 11.7. The molecule has 0 aromatic heterocycles. The first-order valence-corrected chi connectivity index (χ1v) is 6.89. The van der Waals surface area contributed by atoms with Crippen molar-refractivity contribution < 1.29 is 19.4 Å². The topological polar surface area (TPSA) is 75.6 Å². The lowest BCUT2D eigenvalue weighted by Gasteiger charge is -2.12. The highest BCUT2D eigenvalue weighted by Crippen LogP contribution is 2.18. The van der Waals surface area contributed by atoms with Crippen LogP contribution in [0, 0.1) is 0 Å². The summed E-state index contributed by atoms with van der Waals surface area (Å²) in [5.41, 5.74) is 1.05. The second-order valence-corrected chi connectivity index (χ2v) is 4.99. The summed E-state index contributed by atoms with van der Waals surface area (Å²) in [5, 5.41) is 11.4. The number of nitrogens with one attached hydrogen (secondary N) is 1. The van der Waals surface area contributed by atoms with Gasteiger partial charge in [0.1, 0.15) is 11.8 Å². The van der Waals surface area contributed by atoms with Gasteiger partial charge >= 0.3 is 5.97 Å². The Morgan fingerprint density at radius 1 is 1.47 bits per heavy atom. The molecule has 0 saturated carbocycles. The number of carboxylic acids is 1. The number of thioether (sulfide) groups is 1. The molecule has 6 heteroatoms. The van der Waals surface area contributed by atoms with E-state index in [1.165, 1.54) is 18.7 Å². The van der Waals surface area contributed by atoms with Crippen LogP contribution in [-0.2, 0) is 15.3 Å². The van der Waals surface area contributed by atoms with Crippen LogP contribution in [0.3, 0.4) is 0 Å². The van der Waals surface area contributed by atoms with Gasteiger partial charge in [-0.1, -0.05) is 12.1 Å². The van der Waals surface area contributed by atoms with E-state index in [9.17, 15) is 9.59 Å². The van der Waals surface area contributed by atoms with Crippen LogP contribution in [0.25, 0.3) is 0 Å². The second kappa shape index (κ2) is 7.68. The summed E-state index contributed by atoms with van der Waals surface area (Å²) >= 11 is 1.45. The van der Waals surface area contributed by atoms with Gasteiger partial charge in [0.25, 0.3) is 0 Å². The predicted molar refractivity (Wildman–Crippen MR) is 74.4 cm³/mol. The quantitative estimate of drug-likeness (QED) is 0.793. The minimum Gasteiger partial charge on any atom is -0.497 e. The Morgan fingerprint density at radius 2 is 2.21 bits per heavy atom. The highest BCUT2D eigenvalue weighted by molar-refractivity contribution is 7.98. The Bertz CT molecular complexity index is 450. The van der Waals surface area contributed by atoms with Crippen LogP contribution in [0.2, 0.25) is 0 Å². The molecule has 1 rings (SSSR count). The van der Waals surface area contributed by atoms with E-state index in [1.54, 1.807) is 7.11 Å². The number of hydrogen-bond donors (Lipinski definition) is 2. The third kappa shape index (κ3) is 5.65. The van der Waals surface area contributed by atoms with E-state index in [2.05, 4.69) is 5.32 Å². The van der Waals surface area contributed by atoms with E-state index >= 15 is 0 Å². The van der Waals surface area contributed by atoms with Gasteiger partial charge in [-0.3, -0.25) is 4.79 Å². The molecule has 0 bridgehead atoms. The van der Waals surface area contributed by atoms with E-state index in [0.29, 0.717) is 11.5 Å². The number of rotatable bonds is 7. The van der Waals surface area contributed by atoms with Gasteiger partial charge in [0.2, 0.25) is 5.91 Å². The number of amides is 1. The predicted octanol–water partition coefficient (Wildman–Crippen LogP) is 1.52. The van der Waals surface area contributed by atoms with Crippen molar-refractivity contribution in [1.29, 1.82) is 0 Å². The van der Waals surface area contributed by atoms with Crippen molar-refractivity contribution in [1.82, 2.24) is 5.32 Å². The average molecular weight is 283 g/mol. The fourth-order valence-corrected chi connectivity index (χ4v) is 2.47. The number of aliphatic carboxylic acids is 1. The van der Waals surface area contributed by atoms with E-state index in [-0.39, 0.29) is 5.91 Å². The Kier molecular flexibility index (Phi) is 6.21. The Hall–Kier alpha value is -1.69. The molecule has 0 saturated heterocycles. The molecule has 0 heterocycles. The maximum absolute atomic E-state index is 10.9. The number of methoxy groups -OCH3 is 1. The fourth-order valence-electron chi connectivity index (χ4n) is 1.48. The van der Waals surface area contributed by atoms with Crippen molar-refractivity contribution in [3.63, 3.8) is 0 Å². The van der Waals surface area contributed by atoms with Gasteiger partial charge in [-0.25, -0.2) is 4.79 Å². The van der Waals surface area contributed by atoms with Gasteiger partial charge in [-0.15, -0.1) is 0 Å². The largest absolute Gasteiger partial charge is 0.497 e. The number of carboxylic acid groups (broad SMARTS) is 1. The van der Waals surface area contributed by atoms with Gasteiger partial charge in [0.15, 0.2) is 0 Å². The maximum atomic E-state index is 10.9. The first-order valence-electron chi connectivity index (χ1n) is 5.73. The van der Waals surface area contributed by atoms with Gasteiger partial charge in [0.05, 0.1) is 7.11 Å². The smallest absolute Gasteiger partial charge is 0.327 e. The van der Waals surface area contributed by atoms with Gasteiger partial charge in [-0.2, -0.15) is 11.8 Å².